The predicted molar refractivity (Wildman–Crippen MR) is 518 cm³/mol. The maximum absolute atomic E-state index is 5.00. The zero-order valence-corrected chi connectivity index (χ0v) is 74.6. The molecule has 618 valence electrons. The Hall–Kier alpha value is -14.1. The van der Waals surface area contributed by atoms with Gasteiger partial charge in [-0.15, -0.1) is 9.97 Å². The smallest absolute Gasteiger partial charge is 0.255 e. The fourth-order valence-corrected chi connectivity index (χ4v) is 24.3. The van der Waals surface area contributed by atoms with Gasteiger partial charge in [0.25, 0.3) is 22.6 Å². The van der Waals surface area contributed by atoms with Crippen molar-refractivity contribution >= 4 is 181 Å². The number of hydrogen-bond acceptors (Lipinski definition) is 4. The Labute approximate surface area is 734 Å². The molecule has 5 aliphatic heterocycles. The monoisotopic (exact) mass is 1650 g/mol. The van der Waals surface area contributed by atoms with Crippen LogP contribution in [-0.2, 0) is 32.7 Å². The van der Waals surface area contributed by atoms with Gasteiger partial charge in [0, 0.05) is 61.8 Å². The second-order valence-electron chi connectivity index (χ2n) is 39.7. The summed E-state index contributed by atoms with van der Waals surface area (Å²) in [5.74, 6) is 2.33. The number of imidazole rings is 5. The second-order valence-corrected chi connectivity index (χ2v) is 39.7. The number of para-hydroxylation sites is 7. The van der Waals surface area contributed by atoms with E-state index in [9.17, 15) is 0 Å². The lowest BCUT2D eigenvalue weighted by molar-refractivity contribution is -0.657. The van der Waals surface area contributed by atoms with Gasteiger partial charge in [-0.3, -0.25) is 14.5 Å². The molecule has 0 unspecified atom stereocenters. The molecule has 14 nitrogen and oxygen atoms in total. The molecule has 0 spiro atoms. The summed E-state index contributed by atoms with van der Waals surface area (Å²) in [6.07, 6.45) is 12.1. The normalized spacial score (nSPS) is 13.6. The van der Waals surface area contributed by atoms with E-state index in [0.717, 1.165) is 55.1 Å². The molecule has 24 aromatic rings. The van der Waals surface area contributed by atoms with Crippen LogP contribution in [0.4, 0.5) is 0 Å². The van der Waals surface area contributed by atoms with Gasteiger partial charge >= 0.3 is 5.65 Å². The number of nitrogens with zero attached hydrogens (tertiary/aromatic N) is 14. The van der Waals surface area contributed by atoms with Gasteiger partial charge in [-0.25, -0.2) is 18.3 Å². The Morgan fingerprint density at radius 1 is 0.299 bits per heavy atom. The van der Waals surface area contributed by atoms with Crippen molar-refractivity contribution in [2.45, 2.75) is 159 Å². The van der Waals surface area contributed by atoms with Crippen LogP contribution in [-0.4, -0.2) is 42.3 Å². The minimum absolute atomic E-state index is 0.129. The molecule has 127 heavy (non-hydrogen) atoms. The molecule has 0 atom stereocenters. The molecule has 14 heteroatoms. The van der Waals surface area contributed by atoms with Gasteiger partial charge in [-0.1, -0.05) is 243 Å². The van der Waals surface area contributed by atoms with Crippen molar-refractivity contribution in [1.29, 1.82) is 0 Å². The van der Waals surface area contributed by atoms with E-state index in [4.69, 9.17) is 19.9 Å². The van der Waals surface area contributed by atoms with Crippen LogP contribution in [0, 0.1) is 10.8 Å². The first-order valence-corrected chi connectivity index (χ1v) is 45.7. The van der Waals surface area contributed by atoms with Gasteiger partial charge < -0.3 is 0 Å². The lowest BCUT2D eigenvalue weighted by atomic mass is 9.63. The fraction of sp³-hybridized carbons (Fsp3) is 0.230. The molecular formula is C113H101N14+5. The van der Waals surface area contributed by atoms with E-state index in [-0.39, 0.29) is 10.8 Å². The van der Waals surface area contributed by atoms with E-state index in [1.807, 2.05) is 36.9 Å². The summed E-state index contributed by atoms with van der Waals surface area (Å²) >= 11 is 0. The van der Waals surface area contributed by atoms with Crippen LogP contribution in [0.2, 0.25) is 0 Å². The summed E-state index contributed by atoms with van der Waals surface area (Å²) in [6, 6.07) is 84.3. The van der Waals surface area contributed by atoms with Gasteiger partial charge in [0.1, 0.15) is 77.5 Å². The van der Waals surface area contributed by atoms with Crippen LogP contribution >= 0.6 is 0 Å². The van der Waals surface area contributed by atoms with Crippen LogP contribution in [0.25, 0.3) is 181 Å². The topological polar surface area (TPSA) is 94.5 Å². The predicted octanol–water partition coefficient (Wildman–Crippen LogP) is 24.3. The van der Waals surface area contributed by atoms with Crippen LogP contribution in [0.15, 0.2) is 268 Å². The van der Waals surface area contributed by atoms with E-state index in [1.165, 1.54) is 215 Å². The van der Waals surface area contributed by atoms with Crippen LogP contribution < -0.4 is 22.5 Å². The first kappa shape index (κ1) is 75.4. The van der Waals surface area contributed by atoms with Gasteiger partial charge in [0.05, 0.1) is 67.2 Å². The standard InChI is InChI=1S/C28H30N3.C23H19N2.2C22H18N3.C18H16N3/c1-27(2,3)25(28(4,5)6)18-10-9-13-21-23(18)24-22-17(14-15-29-24)16-30-19-11-7-8-12-20(19)31(21)26(22)30;1-14(2)16-12-11-15-13-24-19-9-5-6-10-20(19)25-18-8-4-3-7-17(18)22(16)21(15)23(24)25;1-13(2)15-7-4-10-18-20(15)25-21-17(9-5-11-23-21)16-8-3-6-14-12-24(18)22(25)19(14)16;1-13(2)15-7-4-9-17-16-8-3-6-14-12-24-18-10-5-11-23-21(18)25(20(15)17)22(24)19(14)16;1-11(2)13-4-3-5-14-16(13)17-15-12(6-7-19-17)10-20-8-9-21(14)18(15)20/h7-15,25H,16H2,1-6H3;3-12,14H,13H2,1-2H3;2*3-11,13H,12H2,1-2H3;3-9,11H,10H2,1-2H3/q5*+1. The molecular weight excluding hydrogens is 1550 g/mol. The van der Waals surface area contributed by atoms with E-state index in [2.05, 4.69) is 373 Å². The van der Waals surface area contributed by atoms with Crippen molar-refractivity contribution in [1.82, 2.24) is 42.3 Å². The molecule has 29 rings (SSSR count). The summed E-state index contributed by atoms with van der Waals surface area (Å²) < 4.78 is 24.2. The van der Waals surface area contributed by atoms with Crippen molar-refractivity contribution < 1.29 is 22.5 Å². The molecule has 19 heterocycles. The zero-order valence-electron chi connectivity index (χ0n) is 74.6. The zero-order chi connectivity index (χ0) is 86.0. The Kier molecular flexibility index (Phi) is 16.2. The summed E-state index contributed by atoms with van der Waals surface area (Å²) in [7, 11) is 0. The minimum atomic E-state index is 0.129. The summed E-state index contributed by atoms with van der Waals surface area (Å²) in [4.78, 5) is 19.3. The van der Waals surface area contributed by atoms with Crippen LogP contribution in [0.3, 0.4) is 0 Å². The number of pyridine rings is 9. The minimum Gasteiger partial charge on any atom is -0.255 e. The first-order valence-electron chi connectivity index (χ1n) is 45.7. The number of fused-ring (bicyclic) bond motifs is 27. The maximum Gasteiger partial charge on any atom is 0.307 e. The summed E-state index contributed by atoms with van der Waals surface area (Å²) in [5, 5.41) is 17.5. The third kappa shape index (κ3) is 10.5. The van der Waals surface area contributed by atoms with Crippen molar-refractivity contribution in [3.8, 4) is 0 Å². The van der Waals surface area contributed by atoms with Crippen LogP contribution in [0.1, 0.15) is 182 Å². The van der Waals surface area contributed by atoms with Crippen molar-refractivity contribution in [2.75, 3.05) is 0 Å². The third-order valence-corrected chi connectivity index (χ3v) is 28.8. The van der Waals surface area contributed by atoms with E-state index in [1.54, 1.807) is 0 Å². The highest BCUT2D eigenvalue weighted by Crippen LogP contribution is 2.52. The molecule has 0 amide bonds. The molecule has 0 bridgehead atoms. The van der Waals surface area contributed by atoms with Gasteiger partial charge in [0.15, 0.2) is 27.6 Å². The number of rotatable bonds is 5. The molecule has 0 radical (unpaired) electrons. The highest BCUT2D eigenvalue weighted by molar-refractivity contribution is 6.19. The van der Waals surface area contributed by atoms with Crippen molar-refractivity contribution in [3.63, 3.8) is 0 Å². The quantitative estimate of drug-likeness (QED) is 0.127. The first-order chi connectivity index (χ1) is 61.7. The third-order valence-electron chi connectivity index (χ3n) is 28.8. The Balaban J connectivity index is 0.0000000867. The largest absolute Gasteiger partial charge is 0.307 e. The van der Waals surface area contributed by atoms with Crippen molar-refractivity contribution in [2.24, 2.45) is 10.8 Å². The summed E-state index contributed by atoms with van der Waals surface area (Å²) in [5.41, 5.74) is 39.4. The Morgan fingerprint density at radius 3 is 1.41 bits per heavy atom. The molecule has 0 N–H and O–H groups in total. The highest BCUT2D eigenvalue weighted by atomic mass is 15.2. The Morgan fingerprint density at radius 2 is 0.756 bits per heavy atom. The molecule has 5 aliphatic rings. The van der Waals surface area contributed by atoms with E-state index < -0.39 is 0 Å². The molecule has 10 aromatic carbocycles. The maximum atomic E-state index is 5.00. The lowest BCUT2D eigenvalue weighted by Gasteiger charge is -2.41. The van der Waals surface area contributed by atoms with E-state index in [0.29, 0.717) is 29.6 Å². The van der Waals surface area contributed by atoms with E-state index >= 15 is 0 Å². The van der Waals surface area contributed by atoms with Crippen molar-refractivity contribution in [3.05, 3.63) is 323 Å². The lowest BCUT2D eigenvalue weighted by Crippen LogP contribution is -2.31. The molecule has 14 aromatic heterocycles. The number of aromatic nitrogens is 14. The average molecular weight is 1660 g/mol. The highest BCUT2D eigenvalue weighted by Gasteiger charge is 2.42. The molecule has 0 saturated carbocycles. The summed E-state index contributed by atoms with van der Waals surface area (Å²) in [6.45, 7) is 37.1. The number of benzene rings is 10. The molecule has 0 saturated heterocycles. The van der Waals surface area contributed by atoms with Gasteiger partial charge in [0.2, 0.25) is 11.3 Å². The average Bonchev–Trinajstić information content (AvgIpc) is 1.56. The van der Waals surface area contributed by atoms with Gasteiger partial charge in [-0.2, -0.15) is 22.0 Å². The SMILES string of the molecule is CC(C)(C)C(c1cccc2c1c1nccc3c1c1n2c2ccccc2[n+]1C3)C(C)(C)C.CC(C)c1ccc2c3c1c1ccccc1n1c4ccccc4[n+](c31)C2.CC(C)c1cccc2c1[n+]1c3ncccc3c3cccc4c3c1n2C4.CC(C)c1cccc2c1c1nccc3c1c1n2cc[n+]1C3.CC(C)c1cccc2c3cccc4c3c3n(c5cccnc5[n+]3c12)C4. The fourth-order valence-electron chi connectivity index (χ4n) is 24.3. The van der Waals surface area contributed by atoms with Gasteiger partial charge in [-0.05, 0) is 159 Å². The number of hydrogen-bond donors (Lipinski definition) is 0. The Bertz CT molecular complexity index is 8960. The van der Waals surface area contributed by atoms with Crippen LogP contribution in [0.5, 0.6) is 0 Å². The second kappa shape index (κ2) is 27.2. The molecule has 0 aliphatic carbocycles. The molecule has 0 fully saturated rings.